The van der Waals surface area contributed by atoms with Crippen molar-refractivity contribution in [2.75, 3.05) is 5.32 Å². The van der Waals surface area contributed by atoms with Crippen molar-refractivity contribution in [1.29, 1.82) is 0 Å². The van der Waals surface area contributed by atoms with Crippen molar-refractivity contribution in [3.05, 3.63) is 33.1 Å². The molecule has 122 valence electrons. The summed E-state index contributed by atoms with van der Waals surface area (Å²) in [4.78, 5) is 40.4. The number of aromatic nitrogens is 3. The Morgan fingerprint density at radius 3 is 2.65 bits per heavy atom. The quantitative estimate of drug-likeness (QED) is 0.920. The Morgan fingerprint density at radius 2 is 1.96 bits per heavy atom. The molecule has 0 atom stereocenters. The normalized spacial score (nSPS) is 15.2. The lowest BCUT2D eigenvalue weighted by atomic mass is 10.0. The summed E-state index contributed by atoms with van der Waals surface area (Å²) < 4.78 is 2.36. The highest BCUT2D eigenvalue weighted by Gasteiger charge is 2.19. The van der Waals surface area contributed by atoms with E-state index < -0.39 is 11.2 Å². The van der Waals surface area contributed by atoms with Gasteiger partial charge in [-0.1, -0.05) is 12.8 Å². The van der Waals surface area contributed by atoms with E-state index in [4.69, 9.17) is 0 Å². The molecule has 0 bridgehead atoms. The van der Waals surface area contributed by atoms with Gasteiger partial charge in [0.2, 0.25) is 5.91 Å². The highest BCUT2D eigenvalue weighted by Crippen LogP contribution is 2.27. The first-order chi connectivity index (χ1) is 11.0. The first kappa shape index (κ1) is 15.5. The molecule has 2 aromatic heterocycles. The van der Waals surface area contributed by atoms with E-state index in [0.29, 0.717) is 29.1 Å². The van der Waals surface area contributed by atoms with Gasteiger partial charge in [0.25, 0.3) is 5.56 Å². The Labute approximate surface area is 133 Å². The van der Waals surface area contributed by atoms with Crippen molar-refractivity contribution < 1.29 is 4.79 Å². The molecule has 1 N–H and O–H groups in total. The zero-order chi connectivity index (χ0) is 16.6. The summed E-state index contributed by atoms with van der Waals surface area (Å²) >= 11 is 0. The van der Waals surface area contributed by atoms with Gasteiger partial charge in [-0.2, -0.15) is 0 Å². The molecule has 1 aliphatic rings. The minimum absolute atomic E-state index is 0.0558. The topological polar surface area (TPSA) is 86.0 Å². The number of carbonyl (C=O) groups is 1. The largest absolute Gasteiger partial charge is 0.332 e. The monoisotopic (exact) mass is 316 g/mol. The Morgan fingerprint density at radius 1 is 1.26 bits per heavy atom. The summed E-state index contributed by atoms with van der Waals surface area (Å²) in [6, 6.07) is 1.58. The maximum Gasteiger partial charge on any atom is 0.332 e. The number of hydrogen-bond donors (Lipinski definition) is 1. The lowest BCUT2D eigenvalue weighted by Gasteiger charge is -2.11. The summed E-state index contributed by atoms with van der Waals surface area (Å²) in [5.41, 5.74) is -0.0429. The Balaban J connectivity index is 1.89. The number of anilines is 1. The molecule has 0 spiro atoms. The number of hydrogen-bond acceptors (Lipinski definition) is 4. The lowest BCUT2D eigenvalue weighted by molar-refractivity contribution is -0.117. The smallest absolute Gasteiger partial charge is 0.325 e. The number of amides is 1. The van der Waals surface area contributed by atoms with Crippen LogP contribution in [0.5, 0.6) is 0 Å². The summed E-state index contributed by atoms with van der Waals surface area (Å²) in [5, 5.41) is 3.12. The third-order valence-corrected chi connectivity index (χ3v) is 4.53. The standard InChI is InChI=1S/C16H20N4O3/c1-19-14-12(15(22)20(2)16(19)23)8-11(9-17-14)18-13(21)7-10-5-3-4-6-10/h8-10H,3-7H2,1-2H3,(H,18,21). The van der Waals surface area contributed by atoms with Gasteiger partial charge in [0.1, 0.15) is 5.65 Å². The number of aryl methyl sites for hydroxylation is 1. The van der Waals surface area contributed by atoms with Gasteiger partial charge in [-0.25, -0.2) is 9.78 Å². The van der Waals surface area contributed by atoms with Crippen LogP contribution in [0.15, 0.2) is 21.9 Å². The average molecular weight is 316 g/mol. The van der Waals surface area contributed by atoms with Crippen LogP contribution in [-0.2, 0) is 18.9 Å². The van der Waals surface area contributed by atoms with Crippen LogP contribution < -0.4 is 16.6 Å². The van der Waals surface area contributed by atoms with E-state index in [-0.39, 0.29) is 5.91 Å². The molecular formula is C16H20N4O3. The predicted octanol–water partition coefficient (Wildman–Crippen LogP) is 1.15. The third kappa shape index (κ3) is 2.91. The second-order valence-electron chi connectivity index (χ2n) is 6.20. The number of nitrogens with zero attached hydrogens (tertiary/aromatic N) is 3. The van der Waals surface area contributed by atoms with E-state index in [9.17, 15) is 14.4 Å². The van der Waals surface area contributed by atoms with E-state index in [1.807, 2.05) is 0 Å². The molecule has 1 amide bonds. The molecular weight excluding hydrogens is 296 g/mol. The van der Waals surface area contributed by atoms with Crippen LogP contribution in [-0.4, -0.2) is 20.0 Å². The molecule has 0 unspecified atom stereocenters. The van der Waals surface area contributed by atoms with Gasteiger partial charge in [0.05, 0.1) is 17.3 Å². The van der Waals surface area contributed by atoms with Crippen molar-refractivity contribution in [3.63, 3.8) is 0 Å². The Kier molecular flexibility index (Phi) is 4.02. The van der Waals surface area contributed by atoms with Gasteiger partial charge in [-0.3, -0.25) is 18.7 Å². The number of carbonyl (C=O) groups excluding carboxylic acids is 1. The van der Waals surface area contributed by atoms with Crippen LogP contribution in [0.25, 0.3) is 11.0 Å². The zero-order valence-corrected chi connectivity index (χ0v) is 13.3. The molecule has 0 saturated heterocycles. The molecule has 1 fully saturated rings. The maximum atomic E-state index is 12.2. The van der Waals surface area contributed by atoms with Crippen molar-refractivity contribution in [3.8, 4) is 0 Å². The van der Waals surface area contributed by atoms with Gasteiger partial charge < -0.3 is 5.32 Å². The van der Waals surface area contributed by atoms with Gasteiger partial charge in [0.15, 0.2) is 0 Å². The zero-order valence-electron chi connectivity index (χ0n) is 13.3. The molecule has 3 rings (SSSR count). The van der Waals surface area contributed by atoms with Gasteiger partial charge >= 0.3 is 5.69 Å². The SMILES string of the molecule is Cn1c(=O)c2cc(NC(=O)CC3CCCC3)cnc2n(C)c1=O. The fourth-order valence-electron chi connectivity index (χ4n) is 3.22. The molecule has 0 aromatic carbocycles. The summed E-state index contributed by atoms with van der Waals surface area (Å²) in [7, 11) is 2.99. The van der Waals surface area contributed by atoms with Gasteiger partial charge in [0, 0.05) is 20.5 Å². The van der Waals surface area contributed by atoms with Crippen molar-refractivity contribution in [1.82, 2.24) is 14.1 Å². The van der Waals surface area contributed by atoms with E-state index in [1.165, 1.54) is 30.7 Å². The fraction of sp³-hybridized carbons (Fsp3) is 0.500. The number of fused-ring (bicyclic) bond motifs is 1. The van der Waals surface area contributed by atoms with Crippen LogP contribution in [0.3, 0.4) is 0 Å². The molecule has 1 aliphatic carbocycles. The number of nitrogens with one attached hydrogen (secondary N) is 1. The summed E-state index contributed by atoms with van der Waals surface area (Å²) in [6.07, 6.45) is 6.58. The molecule has 0 radical (unpaired) electrons. The molecule has 7 heteroatoms. The minimum atomic E-state index is -0.423. The van der Waals surface area contributed by atoms with Crippen LogP contribution in [0.2, 0.25) is 0 Å². The maximum absolute atomic E-state index is 12.2. The Bertz CT molecular complexity index is 875. The van der Waals surface area contributed by atoms with Crippen molar-refractivity contribution in [2.24, 2.45) is 20.0 Å². The highest BCUT2D eigenvalue weighted by atomic mass is 16.2. The molecule has 1 saturated carbocycles. The number of pyridine rings is 1. The first-order valence-electron chi connectivity index (χ1n) is 7.83. The summed E-state index contributed by atoms with van der Waals surface area (Å²) in [5.74, 6) is 0.400. The van der Waals surface area contributed by atoms with E-state index in [2.05, 4.69) is 10.3 Å². The van der Waals surface area contributed by atoms with E-state index in [0.717, 1.165) is 17.4 Å². The second kappa shape index (κ2) is 5.98. The van der Waals surface area contributed by atoms with E-state index in [1.54, 1.807) is 13.1 Å². The molecule has 7 nitrogen and oxygen atoms in total. The molecule has 23 heavy (non-hydrogen) atoms. The fourth-order valence-corrected chi connectivity index (χ4v) is 3.22. The van der Waals surface area contributed by atoms with Gasteiger partial charge in [-0.15, -0.1) is 0 Å². The van der Waals surface area contributed by atoms with Crippen molar-refractivity contribution >= 4 is 22.6 Å². The lowest BCUT2D eigenvalue weighted by Crippen LogP contribution is -2.37. The van der Waals surface area contributed by atoms with Crippen LogP contribution in [0.1, 0.15) is 32.1 Å². The Hall–Kier alpha value is -2.44. The molecule has 2 aromatic rings. The average Bonchev–Trinajstić information content (AvgIpc) is 3.03. The van der Waals surface area contributed by atoms with E-state index >= 15 is 0 Å². The third-order valence-electron chi connectivity index (χ3n) is 4.53. The highest BCUT2D eigenvalue weighted by molar-refractivity contribution is 5.92. The molecule has 0 aliphatic heterocycles. The first-order valence-corrected chi connectivity index (χ1v) is 7.83. The van der Waals surface area contributed by atoms with Crippen LogP contribution in [0, 0.1) is 5.92 Å². The minimum Gasteiger partial charge on any atom is -0.325 e. The number of rotatable bonds is 3. The predicted molar refractivity (Wildman–Crippen MR) is 87.4 cm³/mol. The molecule has 2 heterocycles. The van der Waals surface area contributed by atoms with Crippen LogP contribution >= 0.6 is 0 Å². The van der Waals surface area contributed by atoms with Crippen LogP contribution in [0.4, 0.5) is 5.69 Å². The summed E-state index contributed by atoms with van der Waals surface area (Å²) in [6.45, 7) is 0. The van der Waals surface area contributed by atoms with Crippen molar-refractivity contribution in [2.45, 2.75) is 32.1 Å². The van der Waals surface area contributed by atoms with Gasteiger partial charge in [-0.05, 0) is 24.8 Å². The second-order valence-corrected chi connectivity index (χ2v) is 6.20.